The smallest absolute Gasteiger partial charge is 0.325 e. The summed E-state index contributed by atoms with van der Waals surface area (Å²) in [5.74, 6) is -0.710. The Morgan fingerprint density at radius 3 is 2.26 bits per heavy atom. The van der Waals surface area contributed by atoms with Crippen molar-refractivity contribution in [1.29, 1.82) is 0 Å². The summed E-state index contributed by atoms with van der Waals surface area (Å²) in [7, 11) is 0. The van der Waals surface area contributed by atoms with Crippen molar-refractivity contribution in [3.8, 4) is 0 Å². The molecule has 27 heavy (non-hydrogen) atoms. The van der Waals surface area contributed by atoms with Crippen molar-refractivity contribution in [2.45, 2.75) is 31.8 Å². The molecule has 0 unspecified atom stereocenters. The number of carbonyl (C=O) groups excluding carboxylic acids is 1. The van der Waals surface area contributed by atoms with Crippen molar-refractivity contribution in [2.24, 2.45) is 0 Å². The van der Waals surface area contributed by atoms with Gasteiger partial charge in [0, 0.05) is 17.0 Å². The number of nitrogens with zero attached hydrogens (tertiary/aromatic N) is 1. The summed E-state index contributed by atoms with van der Waals surface area (Å²) in [6.07, 6.45) is -4.83. The SMILES string of the molecule is Cc1cc(C)c(SCC(=O)Nc2ccc([N+](=O)[O-])cc2C(F)(F)F)c(C)c1. The Labute approximate surface area is 158 Å². The summed E-state index contributed by atoms with van der Waals surface area (Å²) in [4.78, 5) is 22.8. The van der Waals surface area contributed by atoms with Crippen LogP contribution < -0.4 is 5.32 Å². The lowest BCUT2D eigenvalue weighted by Crippen LogP contribution is -2.18. The third kappa shape index (κ3) is 5.22. The molecule has 144 valence electrons. The van der Waals surface area contributed by atoms with E-state index in [9.17, 15) is 28.1 Å². The number of nitro benzene ring substituents is 1. The molecule has 0 fully saturated rings. The van der Waals surface area contributed by atoms with E-state index in [0.717, 1.165) is 33.7 Å². The molecule has 0 aliphatic rings. The molecule has 1 amide bonds. The Morgan fingerprint density at radius 2 is 1.74 bits per heavy atom. The molecule has 0 saturated heterocycles. The Morgan fingerprint density at radius 1 is 1.15 bits per heavy atom. The van der Waals surface area contributed by atoms with Gasteiger partial charge in [0.15, 0.2) is 0 Å². The highest BCUT2D eigenvalue weighted by Gasteiger charge is 2.35. The lowest BCUT2D eigenvalue weighted by Gasteiger charge is -2.14. The summed E-state index contributed by atoms with van der Waals surface area (Å²) < 4.78 is 39.5. The van der Waals surface area contributed by atoms with Crippen LogP contribution >= 0.6 is 11.8 Å². The van der Waals surface area contributed by atoms with Gasteiger partial charge in [0.25, 0.3) is 5.69 Å². The van der Waals surface area contributed by atoms with Gasteiger partial charge in [-0.1, -0.05) is 17.7 Å². The van der Waals surface area contributed by atoms with Crippen molar-refractivity contribution < 1.29 is 22.9 Å². The van der Waals surface area contributed by atoms with Crippen molar-refractivity contribution >= 4 is 29.0 Å². The molecule has 2 aromatic carbocycles. The predicted molar refractivity (Wildman–Crippen MR) is 98.1 cm³/mol. The number of halogens is 3. The number of carbonyl (C=O) groups is 1. The number of amides is 1. The molecule has 0 aliphatic carbocycles. The average Bonchev–Trinajstić information content (AvgIpc) is 2.52. The van der Waals surface area contributed by atoms with Gasteiger partial charge in [-0.3, -0.25) is 14.9 Å². The van der Waals surface area contributed by atoms with Crippen LogP contribution in [0.25, 0.3) is 0 Å². The van der Waals surface area contributed by atoms with Gasteiger partial charge in [0.05, 0.1) is 21.9 Å². The van der Waals surface area contributed by atoms with E-state index >= 15 is 0 Å². The topological polar surface area (TPSA) is 72.2 Å². The van der Waals surface area contributed by atoms with Crippen LogP contribution in [0.2, 0.25) is 0 Å². The number of nitro groups is 1. The molecule has 2 rings (SSSR count). The number of non-ortho nitro benzene ring substituents is 1. The van der Waals surface area contributed by atoms with Crippen molar-refractivity contribution in [3.63, 3.8) is 0 Å². The van der Waals surface area contributed by atoms with Crippen LogP contribution in [-0.4, -0.2) is 16.6 Å². The summed E-state index contributed by atoms with van der Waals surface area (Å²) in [6.45, 7) is 5.76. The number of nitrogens with one attached hydrogen (secondary N) is 1. The van der Waals surface area contributed by atoms with Crippen LogP contribution in [0.1, 0.15) is 22.3 Å². The van der Waals surface area contributed by atoms with Gasteiger partial charge in [0.2, 0.25) is 5.91 Å². The van der Waals surface area contributed by atoms with E-state index < -0.39 is 33.9 Å². The fourth-order valence-corrected chi connectivity index (χ4v) is 3.63. The Kier molecular flexibility index (Phi) is 6.15. The summed E-state index contributed by atoms with van der Waals surface area (Å²) in [5.41, 5.74) is 0.599. The van der Waals surface area contributed by atoms with Crippen LogP contribution in [0.4, 0.5) is 24.5 Å². The Balaban J connectivity index is 2.18. The molecule has 0 aromatic heterocycles. The molecule has 0 radical (unpaired) electrons. The highest BCUT2D eigenvalue weighted by molar-refractivity contribution is 8.00. The summed E-state index contributed by atoms with van der Waals surface area (Å²) >= 11 is 1.23. The van der Waals surface area contributed by atoms with E-state index in [2.05, 4.69) is 5.32 Å². The Hall–Kier alpha value is -2.55. The minimum absolute atomic E-state index is 0.0843. The van der Waals surface area contributed by atoms with Gasteiger partial charge >= 0.3 is 6.18 Å². The van der Waals surface area contributed by atoms with E-state index in [1.165, 1.54) is 11.8 Å². The number of alkyl halides is 3. The first-order valence-electron chi connectivity index (χ1n) is 7.85. The maximum absolute atomic E-state index is 13.2. The second-order valence-electron chi connectivity index (χ2n) is 6.05. The third-order valence-corrected chi connectivity index (χ3v) is 5.08. The van der Waals surface area contributed by atoms with Crippen LogP contribution in [0.15, 0.2) is 35.2 Å². The normalized spacial score (nSPS) is 11.3. The third-order valence-electron chi connectivity index (χ3n) is 3.75. The van der Waals surface area contributed by atoms with Gasteiger partial charge < -0.3 is 5.32 Å². The molecule has 0 spiro atoms. The van der Waals surface area contributed by atoms with E-state index in [4.69, 9.17) is 0 Å². The van der Waals surface area contributed by atoms with Crippen LogP contribution in [-0.2, 0) is 11.0 Å². The number of anilines is 1. The van der Waals surface area contributed by atoms with Gasteiger partial charge in [-0.2, -0.15) is 13.2 Å². The minimum Gasteiger partial charge on any atom is -0.325 e. The van der Waals surface area contributed by atoms with Crippen molar-refractivity contribution in [2.75, 3.05) is 11.1 Å². The Bertz CT molecular complexity index is 875. The molecular formula is C18H17F3N2O3S. The summed E-state index contributed by atoms with van der Waals surface area (Å²) in [6, 6.07) is 6.16. The van der Waals surface area contributed by atoms with Gasteiger partial charge in [-0.15, -0.1) is 11.8 Å². The highest BCUT2D eigenvalue weighted by Crippen LogP contribution is 2.37. The maximum Gasteiger partial charge on any atom is 0.418 e. The number of hydrogen-bond acceptors (Lipinski definition) is 4. The number of aryl methyl sites for hydroxylation is 3. The molecule has 0 heterocycles. The lowest BCUT2D eigenvalue weighted by molar-refractivity contribution is -0.385. The van der Waals surface area contributed by atoms with E-state index in [1.807, 2.05) is 32.9 Å². The average molecular weight is 398 g/mol. The predicted octanol–water partition coefficient (Wildman–Crippen LogP) is 5.27. The lowest BCUT2D eigenvalue weighted by atomic mass is 10.1. The largest absolute Gasteiger partial charge is 0.418 e. The van der Waals surface area contributed by atoms with Gasteiger partial charge in [-0.25, -0.2) is 0 Å². The second kappa shape index (κ2) is 7.99. The van der Waals surface area contributed by atoms with E-state index in [-0.39, 0.29) is 5.75 Å². The first-order valence-corrected chi connectivity index (χ1v) is 8.83. The standard InChI is InChI=1S/C18H17F3N2O3S/c1-10-6-11(2)17(12(3)7-10)27-9-16(24)22-15-5-4-13(23(25)26)8-14(15)18(19,20)21/h4-8H,9H2,1-3H3,(H,22,24). The highest BCUT2D eigenvalue weighted by atomic mass is 32.2. The number of rotatable bonds is 5. The molecule has 2 aromatic rings. The van der Waals surface area contributed by atoms with Crippen LogP contribution in [0, 0.1) is 30.9 Å². The van der Waals surface area contributed by atoms with Crippen molar-refractivity contribution in [3.05, 3.63) is 62.7 Å². The van der Waals surface area contributed by atoms with Crippen LogP contribution in [0.5, 0.6) is 0 Å². The van der Waals surface area contributed by atoms with Crippen molar-refractivity contribution in [1.82, 2.24) is 0 Å². The first-order chi connectivity index (χ1) is 12.5. The zero-order valence-corrected chi connectivity index (χ0v) is 15.6. The minimum atomic E-state index is -4.83. The van der Waals surface area contributed by atoms with Gasteiger partial charge in [0.1, 0.15) is 0 Å². The molecule has 9 heteroatoms. The monoisotopic (exact) mass is 398 g/mol. The van der Waals surface area contributed by atoms with E-state index in [0.29, 0.717) is 6.07 Å². The molecule has 1 N–H and O–H groups in total. The summed E-state index contributed by atoms with van der Waals surface area (Å²) in [5, 5.41) is 12.9. The quantitative estimate of drug-likeness (QED) is 0.423. The number of hydrogen-bond donors (Lipinski definition) is 1. The fraction of sp³-hybridized carbons (Fsp3) is 0.278. The van der Waals surface area contributed by atoms with E-state index in [1.54, 1.807) is 0 Å². The number of thioether (sulfide) groups is 1. The zero-order chi connectivity index (χ0) is 20.4. The molecule has 0 atom stereocenters. The molecule has 0 saturated carbocycles. The first kappa shape index (κ1) is 20.8. The number of benzene rings is 2. The van der Waals surface area contributed by atoms with Gasteiger partial charge in [-0.05, 0) is 38.0 Å². The molecule has 0 bridgehead atoms. The maximum atomic E-state index is 13.2. The second-order valence-corrected chi connectivity index (χ2v) is 7.04. The van der Waals surface area contributed by atoms with Crippen LogP contribution in [0.3, 0.4) is 0 Å². The molecule has 5 nitrogen and oxygen atoms in total. The zero-order valence-electron chi connectivity index (χ0n) is 14.8. The molecular weight excluding hydrogens is 381 g/mol. The fourth-order valence-electron chi connectivity index (χ4n) is 2.71. The molecule has 0 aliphatic heterocycles.